The average molecular weight is 386 g/mol. The molecule has 0 aliphatic heterocycles. The van der Waals surface area contributed by atoms with Gasteiger partial charge in [0.2, 0.25) is 18.2 Å². The van der Waals surface area contributed by atoms with Gasteiger partial charge in [-0.3, -0.25) is 0 Å². The maximum atomic E-state index is 11.7. The van der Waals surface area contributed by atoms with Crippen molar-refractivity contribution in [3.8, 4) is 0 Å². The second-order valence-corrected chi connectivity index (χ2v) is 8.88. The van der Waals surface area contributed by atoms with Gasteiger partial charge in [0, 0.05) is 0 Å². The molecule has 0 saturated heterocycles. The lowest BCUT2D eigenvalue weighted by atomic mass is 9.56. The largest absolute Gasteiger partial charge is 0.235 e. The standard InChI is InChI=1S/C22H31N3O3/c26-14-23-20-10-6-18(7-11-20)22(25-16-28,17-4-2-1-3-5-17)19-8-12-21(13-9-19)24-15-27/h17-21H,1-13H2. The molecule has 0 N–H and O–H groups in total. The summed E-state index contributed by atoms with van der Waals surface area (Å²) in [6.07, 6.45) is 18.6. The van der Waals surface area contributed by atoms with Crippen LogP contribution >= 0.6 is 0 Å². The summed E-state index contributed by atoms with van der Waals surface area (Å²) >= 11 is 0. The van der Waals surface area contributed by atoms with Gasteiger partial charge >= 0.3 is 0 Å². The molecule has 0 atom stereocenters. The molecule has 0 aromatic heterocycles. The number of isocyanates is 3. The Morgan fingerprint density at radius 1 is 0.536 bits per heavy atom. The Morgan fingerprint density at radius 2 is 0.964 bits per heavy atom. The lowest BCUT2D eigenvalue weighted by molar-refractivity contribution is 0.0306. The summed E-state index contributed by atoms with van der Waals surface area (Å²) in [5, 5.41) is 0. The molecule has 3 saturated carbocycles. The number of nitrogens with zero attached hydrogens (tertiary/aromatic N) is 3. The van der Waals surface area contributed by atoms with Crippen LogP contribution in [0, 0.1) is 17.8 Å². The normalized spacial score (nSPS) is 33.4. The van der Waals surface area contributed by atoms with Gasteiger partial charge in [0.25, 0.3) is 0 Å². The molecule has 0 heterocycles. The van der Waals surface area contributed by atoms with Gasteiger partial charge in [0.05, 0.1) is 17.6 Å². The van der Waals surface area contributed by atoms with E-state index in [-0.39, 0.29) is 17.6 Å². The SMILES string of the molecule is O=C=NC1CCC(C(N=C=O)(C2CCCCC2)C2CCC(N=C=O)CC2)CC1. The highest BCUT2D eigenvalue weighted by molar-refractivity contribution is 5.36. The van der Waals surface area contributed by atoms with Gasteiger partial charge in [0.15, 0.2) is 0 Å². The van der Waals surface area contributed by atoms with Crippen molar-refractivity contribution in [3.05, 3.63) is 0 Å². The van der Waals surface area contributed by atoms with E-state index in [2.05, 4.69) is 15.0 Å². The Bertz CT molecular complexity index is 615. The lowest BCUT2D eigenvalue weighted by Gasteiger charge is -2.51. The van der Waals surface area contributed by atoms with Gasteiger partial charge in [-0.05, 0) is 82.0 Å². The summed E-state index contributed by atoms with van der Waals surface area (Å²) in [5.74, 6) is 1.10. The van der Waals surface area contributed by atoms with Crippen LogP contribution in [0.4, 0.5) is 0 Å². The van der Waals surface area contributed by atoms with Crippen molar-refractivity contribution in [2.24, 2.45) is 32.7 Å². The number of rotatable bonds is 6. The van der Waals surface area contributed by atoms with Gasteiger partial charge in [-0.25, -0.2) is 24.4 Å². The molecule has 0 amide bonds. The van der Waals surface area contributed by atoms with E-state index in [4.69, 9.17) is 0 Å². The molecule has 0 aromatic carbocycles. The second kappa shape index (κ2) is 10.1. The predicted octanol–water partition coefficient (Wildman–Crippen LogP) is 4.43. The predicted molar refractivity (Wildman–Crippen MR) is 105 cm³/mol. The highest BCUT2D eigenvalue weighted by atomic mass is 16.1. The van der Waals surface area contributed by atoms with E-state index in [1.807, 2.05) is 6.08 Å². The summed E-state index contributed by atoms with van der Waals surface area (Å²) < 4.78 is 0. The fraction of sp³-hybridized carbons (Fsp3) is 0.864. The minimum absolute atomic E-state index is 0.0654. The molecule has 3 rings (SSSR count). The number of carbonyl (C=O) groups excluding carboxylic acids is 3. The first-order valence-electron chi connectivity index (χ1n) is 11.0. The first-order chi connectivity index (χ1) is 13.7. The summed E-state index contributed by atoms with van der Waals surface area (Å²) in [6.45, 7) is 0. The zero-order valence-electron chi connectivity index (χ0n) is 16.6. The number of hydrogen-bond acceptors (Lipinski definition) is 6. The third-order valence-corrected chi connectivity index (χ3v) is 7.67. The van der Waals surface area contributed by atoms with Crippen molar-refractivity contribution >= 4 is 18.2 Å². The molecular formula is C22H31N3O3. The number of aliphatic imine (C=N–C) groups is 3. The first kappa shape index (κ1) is 20.9. The highest BCUT2D eigenvalue weighted by Gasteiger charge is 2.52. The summed E-state index contributed by atoms with van der Waals surface area (Å²) in [4.78, 5) is 45.4. The molecule has 6 nitrogen and oxygen atoms in total. The van der Waals surface area contributed by atoms with Gasteiger partial charge in [-0.2, -0.15) is 4.99 Å². The smallest absolute Gasteiger partial charge is 0.211 e. The minimum Gasteiger partial charge on any atom is -0.211 e. The lowest BCUT2D eigenvalue weighted by Crippen LogP contribution is -2.52. The van der Waals surface area contributed by atoms with E-state index in [0.717, 1.165) is 64.2 Å². The summed E-state index contributed by atoms with van der Waals surface area (Å²) in [6, 6.07) is 0.131. The van der Waals surface area contributed by atoms with Crippen molar-refractivity contribution in [1.82, 2.24) is 0 Å². The van der Waals surface area contributed by atoms with E-state index in [1.165, 1.54) is 19.3 Å². The van der Waals surface area contributed by atoms with Crippen LogP contribution in [0.25, 0.3) is 0 Å². The zero-order chi connectivity index (χ0) is 19.8. The van der Waals surface area contributed by atoms with Crippen LogP contribution in [0.2, 0.25) is 0 Å². The van der Waals surface area contributed by atoms with Crippen molar-refractivity contribution < 1.29 is 14.4 Å². The average Bonchev–Trinajstić information content (AvgIpc) is 2.74. The van der Waals surface area contributed by atoms with Crippen LogP contribution in [-0.2, 0) is 14.4 Å². The molecule has 0 aromatic rings. The molecule has 3 fully saturated rings. The fourth-order valence-corrected chi connectivity index (χ4v) is 6.40. The van der Waals surface area contributed by atoms with Crippen molar-refractivity contribution in [3.63, 3.8) is 0 Å². The molecular weight excluding hydrogens is 354 g/mol. The van der Waals surface area contributed by atoms with E-state index in [1.54, 1.807) is 12.2 Å². The molecule has 0 bridgehead atoms. The van der Waals surface area contributed by atoms with Crippen molar-refractivity contribution in [2.75, 3.05) is 0 Å². The van der Waals surface area contributed by atoms with Gasteiger partial charge < -0.3 is 0 Å². The minimum atomic E-state index is -0.353. The number of hydrogen-bond donors (Lipinski definition) is 0. The van der Waals surface area contributed by atoms with E-state index < -0.39 is 0 Å². The molecule has 6 heteroatoms. The van der Waals surface area contributed by atoms with Crippen LogP contribution in [0.3, 0.4) is 0 Å². The summed E-state index contributed by atoms with van der Waals surface area (Å²) in [5.41, 5.74) is -0.353. The van der Waals surface area contributed by atoms with Crippen molar-refractivity contribution in [2.45, 2.75) is 101 Å². The third-order valence-electron chi connectivity index (χ3n) is 7.67. The van der Waals surface area contributed by atoms with Crippen LogP contribution < -0.4 is 0 Å². The third kappa shape index (κ3) is 4.41. The second-order valence-electron chi connectivity index (χ2n) is 8.88. The van der Waals surface area contributed by atoms with Crippen LogP contribution in [-0.4, -0.2) is 35.9 Å². The Hall–Kier alpha value is -1.86. The molecule has 0 spiro atoms. The molecule has 3 aliphatic carbocycles. The topological polar surface area (TPSA) is 88.3 Å². The van der Waals surface area contributed by atoms with Crippen LogP contribution in [0.15, 0.2) is 15.0 Å². The van der Waals surface area contributed by atoms with E-state index in [0.29, 0.717) is 17.8 Å². The molecule has 0 unspecified atom stereocenters. The first-order valence-corrected chi connectivity index (χ1v) is 11.0. The van der Waals surface area contributed by atoms with Crippen LogP contribution in [0.1, 0.15) is 83.5 Å². The maximum Gasteiger partial charge on any atom is 0.235 e. The van der Waals surface area contributed by atoms with Gasteiger partial charge in [-0.1, -0.05) is 19.3 Å². The molecule has 152 valence electrons. The van der Waals surface area contributed by atoms with E-state index >= 15 is 0 Å². The Kier molecular flexibility index (Phi) is 7.50. The quantitative estimate of drug-likeness (QED) is 0.500. The van der Waals surface area contributed by atoms with Crippen LogP contribution in [0.5, 0.6) is 0 Å². The molecule has 0 radical (unpaired) electrons. The Balaban J connectivity index is 1.87. The monoisotopic (exact) mass is 385 g/mol. The van der Waals surface area contributed by atoms with Crippen molar-refractivity contribution in [1.29, 1.82) is 0 Å². The van der Waals surface area contributed by atoms with E-state index in [9.17, 15) is 14.4 Å². The summed E-state index contributed by atoms with van der Waals surface area (Å²) in [7, 11) is 0. The molecule has 3 aliphatic rings. The Labute approximate surface area is 167 Å². The maximum absolute atomic E-state index is 11.7. The highest BCUT2D eigenvalue weighted by Crippen LogP contribution is 2.53. The van der Waals surface area contributed by atoms with Gasteiger partial charge in [0.1, 0.15) is 0 Å². The zero-order valence-corrected chi connectivity index (χ0v) is 16.6. The Morgan fingerprint density at radius 3 is 1.36 bits per heavy atom. The fourth-order valence-electron chi connectivity index (χ4n) is 6.40. The van der Waals surface area contributed by atoms with Gasteiger partial charge in [-0.15, -0.1) is 0 Å². The molecule has 28 heavy (non-hydrogen) atoms.